The van der Waals surface area contributed by atoms with Gasteiger partial charge in [0.15, 0.2) is 11.5 Å². The van der Waals surface area contributed by atoms with E-state index in [2.05, 4.69) is 10.3 Å². The van der Waals surface area contributed by atoms with E-state index in [1.54, 1.807) is 26.5 Å². The number of methoxy groups -OCH3 is 2. The molecule has 2 heterocycles. The Kier molecular flexibility index (Phi) is 6.87. The van der Waals surface area contributed by atoms with Crippen LogP contribution in [0.25, 0.3) is 0 Å². The van der Waals surface area contributed by atoms with Crippen LogP contribution < -0.4 is 14.8 Å². The Morgan fingerprint density at radius 1 is 1.18 bits per heavy atom. The van der Waals surface area contributed by atoms with Gasteiger partial charge in [0.2, 0.25) is 0 Å². The zero-order valence-electron chi connectivity index (χ0n) is 16.9. The molecule has 1 aliphatic heterocycles. The lowest BCUT2D eigenvalue weighted by Gasteiger charge is -2.31. The molecule has 1 N–H and O–H groups in total. The van der Waals surface area contributed by atoms with Gasteiger partial charge in [-0.05, 0) is 69.1 Å². The van der Waals surface area contributed by atoms with Crippen LogP contribution in [-0.4, -0.2) is 49.1 Å². The summed E-state index contributed by atoms with van der Waals surface area (Å²) in [6, 6.07) is 9.65. The topological polar surface area (TPSA) is 63.7 Å². The first-order valence-corrected chi connectivity index (χ1v) is 9.78. The third kappa shape index (κ3) is 4.62. The molecule has 150 valence electrons. The first-order chi connectivity index (χ1) is 13.6. The molecule has 1 fully saturated rings. The second-order valence-electron chi connectivity index (χ2n) is 7.11. The summed E-state index contributed by atoms with van der Waals surface area (Å²) in [7, 11) is 3.19. The van der Waals surface area contributed by atoms with Crippen LogP contribution in [0.15, 0.2) is 36.5 Å². The minimum absolute atomic E-state index is 0.0102. The number of aromatic nitrogens is 1. The Balaban J connectivity index is 1.95. The molecular formula is C22H29N3O3. The quantitative estimate of drug-likeness (QED) is 0.830. The fourth-order valence-electron chi connectivity index (χ4n) is 3.71. The van der Waals surface area contributed by atoms with Gasteiger partial charge in [0.05, 0.1) is 26.5 Å². The summed E-state index contributed by atoms with van der Waals surface area (Å²) in [6.45, 7) is 4.35. The van der Waals surface area contributed by atoms with E-state index in [0.29, 0.717) is 23.6 Å². The maximum absolute atomic E-state index is 13.6. The van der Waals surface area contributed by atoms with Gasteiger partial charge < -0.3 is 19.7 Å². The van der Waals surface area contributed by atoms with Crippen molar-refractivity contribution in [3.05, 3.63) is 53.3 Å². The Morgan fingerprint density at radius 2 is 1.96 bits per heavy atom. The molecule has 1 unspecified atom stereocenters. The largest absolute Gasteiger partial charge is 0.493 e. The van der Waals surface area contributed by atoms with Crippen molar-refractivity contribution in [2.75, 3.05) is 27.3 Å². The molecule has 0 aliphatic carbocycles. The van der Waals surface area contributed by atoms with Crippen molar-refractivity contribution >= 4 is 5.91 Å². The molecule has 6 heteroatoms. The van der Waals surface area contributed by atoms with Crippen molar-refractivity contribution < 1.29 is 14.3 Å². The van der Waals surface area contributed by atoms with Crippen molar-refractivity contribution in [1.29, 1.82) is 0 Å². The second-order valence-corrected chi connectivity index (χ2v) is 7.11. The maximum Gasteiger partial charge on any atom is 0.254 e. The number of carbonyl (C=O) groups excluding carboxylic acids is 1. The number of rotatable bonds is 6. The number of carbonyl (C=O) groups is 1. The van der Waals surface area contributed by atoms with Gasteiger partial charge in [-0.2, -0.15) is 0 Å². The number of nitrogens with one attached hydrogen (secondary N) is 1. The molecule has 1 amide bonds. The van der Waals surface area contributed by atoms with Crippen molar-refractivity contribution in [2.24, 2.45) is 0 Å². The standard InChI is InChI=1S/C22H29N3O3/c1-16-13-20(27-2)21(28-3)14-19(16)22(26)25(15-17-7-4-5-11-24-17)18-8-6-10-23-12-9-18/h4-5,7,11,13-14,18,23H,6,8-10,12,15H2,1-3H3. The fourth-order valence-corrected chi connectivity index (χ4v) is 3.71. The minimum atomic E-state index is 0.0102. The van der Waals surface area contributed by atoms with Gasteiger partial charge in [-0.25, -0.2) is 0 Å². The van der Waals surface area contributed by atoms with Gasteiger partial charge in [0.1, 0.15) is 0 Å². The molecular weight excluding hydrogens is 354 g/mol. The van der Waals surface area contributed by atoms with Crippen LogP contribution >= 0.6 is 0 Å². The molecule has 28 heavy (non-hydrogen) atoms. The number of pyridine rings is 1. The number of aryl methyl sites for hydroxylation is 1. The van der Waals surface area contributed by atoms with E-state index in [0.717, 1.165) is 43.6 Å². The molecule has 0 radical (unpaired) electrons. The van der Waals surface area contributed by atoms with E-state index in [1.807, 2.05) is 36.1 Å². The van der Waals surface area contributed by atoms with Crippen LogP contribution in [0.4, 0.5) is 0 Å². The average Bonchev–Trinajstić information content (AvgIpc) is 3.01. The summed E-state index contributed by atoms with van der Waals surface area (Å²) in [6.07, 6.45) is 4.75. The Morgan fingerprint density at radius 3 is 2.68 bits per heavy atom. The van der Waals surface area contributed by atoms with Crippen LogP contribution in [0.5, 0.6) is 11.5 Å². The van der Waals surface area contributed by atoms with Crippen LogP contribution in [0, 0.1) is 6.92 Å². The van der Waals surface area contributed by atoms with Crippen molar-refractivity contribution in [3.63, 3.8) is 0 Å². The lowest BCUT2D eigenvalue weighted by molar-refractivity contribution is 0.0641. The molecule has 1 saturated heterocycles. The predicted octanol–water partition coefficient (Wildman–Crippen LogP) is 3.19. The van der Waals surface area contributed by atoms with Gasteiger partial charge in [-0.3, -0.25) is 9.78 Å². The zero-order valence-corrected chi connectivity index (χ0v) is 16.9. The average molecular weight is 383 g/mol. The number of amides is 1. The first-order valence-electron chi connectivity index (χ1n) is 9.78. The van der Waals surface area contributed by atoms with Crippen LogP contribution in [0.2, 0.25) is 0 Å². The van der Waals surface area contributed by atoms with Gasteiger partial charge in [-0.15, -0.1) is 0 Å². The molecule has 0 bridgehead atoms. The highest BCUT2D eigenvalue weighted by Gasteiger charge is 2.28. The SMILES string of the molecule is COc1cc(C)c(C(=O)N(Cc2ccccn2)C2CCCNCC2)cc1OC. The molecule has 2 aromatic rings. The number of benzene rings is 1. The molecule has 0 saturated carbocycles. The van der Waals surface area contributed by atoms with E-state index in [1.165, 1.54) is 0 Å². The van der Waals surface area contributed by atoms with E-state index < -0.39 is 0 Å². The lowest BCUT2D eigenvalue weighted by Crippen LogP contribution is -2.40. The predicted molar refractivity (Wildman–Crippen MR) is 109 cm³/mol. The molecule has 1 aliphatic rings. The minimum Gasteiger partial charge on any atom is -0.493 e. The summed E-state index contributed by atoms with van der Waals surface area (Å²) in [4.78, 5) is 20.0. The molecule has 1 aromatic carbocycles. The summed E-state index contributed by atoms with van der Waals surface area (Å²) >= 11 is 0. The highest BCUT2D eigenvalue weighted by molar-refractivity contribution is 5.96. The van der Waals surface area contributed by atoms with Crippen LogP contribution in [0.3, 0.4) is 0 Å². The third-order valence-electron chi connectivity index (χ3n) is 5.27. The summed E-state index contributed by atoms with van der Waals surface area (Å²) in [5, 5.41) is 3.43. The molecule has 3 rings (SSSR count). The van der Waals surface area contributed by atoms with E-state index in [-0.39, 0.29) is 11.9 Å². The summed E-state index contributed by atoms with van der Waals surface area (Å²) in [5.74, 6) is 1.21. The van der Waals surface area contributed by atoms with Crippen LogP contribution in [-0.2, 0) is 6.54 Å². The summed E-state index contributed by atoms with van der Waals surface area (Å²) in [5.41, 5.74) is 2.41. The smallest absolute Gasteiger partial charge is 0.254 e. The highest BCUT2D eigenvalue weighted by atomic mass is 16.5. The monoisotopic (exact) mass is 383 g/mol. The third-order valence-corrected chi connectivity index (χ3v) is 5.27. The maximum atomic E-state index is 13.6. The lowest BCUT2D eigenvalue weighted by atomic mass is 10.0. The van der Waals surface area contributed by atoms with E-state index >= 15 is 0 Å². The first kappa shape index (κ1) is 20.1. The van der Waals surface area contributed by atoms with Gasteiger partial charge in [0, 0.05) is 17.8 Å². The summed E-state index contributed by atoms with van der Waals surface area (Å²) < 4.78 is 10.8. The fraction of sp³-hybridized carbons (Fsp3) is 0.455. The van der Waals surface area contributed by atoms with E-state index in [9.17, 15) is 4.79 Å². The van der Waals surface area contributed by atoms with Crippen molar-refractivity contribution in [2.45, 2.75) is 38.8 Å². The van der Waals surface area contributed by atoms with E-state index in [4.69, 9.17) is 9.47 Å². The Hall–Kier alpha value is -2.60. The van der Waals surface area contributed by atoms with Gasteiger partial charge in [0.25, 0.3) is 5.91 Å². The van der Waals surface area contributed by atoms with Crippen LogP contribution in [0.1, 0.15) is 40.9 Å². The van der Waals surface area contributed by atoms with Crippen molar-refractivity contribution in [1.82, 2.24) is 15.2 Å². The van der Waals surface area contributed by atoms with Crippen molar-refractivity contribution in [3.8, 4) is 11.5 Å². The molecule has 1 aromatic heterocycles. The second kappa shape index (κ2) is 9.55. The highest BCUT2D eigenvalue weighted by Crippen LogP contribution is 2.31. The number of nitrogens with zero attached hydrogens (tertiary/aromatic N) is 2. The molecule has 0 spiro atoms. The Bertz CT molecular complexity index is 787. The van der Waals surface area contributed by atoms with Gasteiger partial charge >= 0.3 is 0 Å². The molecule has 6 nitrogen and oxygen atoms in total. The Labute approximate surface area is 166 Å². The number of hydrogen-bond donors (Lipinski definition) is 1. The number of hydrogen-bond acceptors (Lipinski definition) is 5. The zero-order chi connectivity index (χ0) is 19.9. The van der Waals surface area contributed by atoms with Gasteiger partial charge in [-0.1, -0.05) is 6.07 Å². The number of ether oxygens (including phenoxy) is 2. The normalized spacial score (nSPS) is 16.9. The molecule has 1 atom stereocenters.